The number of rotatable bonds is 7. The van der Waals surface area contributed by atoms with Gasteiger partial charge in [-0.3, -0.25) is 14.2 Å². The summed E-state index contributed by atoms with van der Waals surface area (Å²) in [6.07, 6.45) is 0. The van der Waals surface area contributed by atoms with Gasteiger partial charge in [0.25, 0.3) is 5.56 Å². The molecular weight excluding hydrogens is 370 g/mol. The lowest BCUT2D eigenvalue weighted by molar-refractivity contribution is -0.122. The third-order valence-electron chi connectivity index (χ3n) is 4.29. The van der Waals surface area contributed by atoms with Crippen molar-refractivity contribution in [3.63, 3.8) is 0 Å². The Morgan fingerprint density at radius 3 is 2.43 bits per heavy atom. The lowest BCUT2D eigenvalue weighted by atomic mass is 10.1. The highest BCUT2D eigenvalue weighted by Gasteiger charge is 2.14. The van der Waals surface area contributed by atoms with Crippen LogP contribution < -0.4 is 10.9 Å². The minimum atomic E-state index is -0.217. The lowest BCUT2D eigenvalue weighted by Gasteiger charge is -2.16. The van der Waals surface area contributed by atoms with E-state index < -0.39 is 0 Å². The number of hydrogen-bond donors (Lipinski definition) is 1. The monoisotopic (exact) mass is 393 g/mol. The molecule has 6 heteroatoms. The zero-order valence-corrected chi connectivity index (χ0v) is 16.8. The van der Waals surface area contributed by atoms with Gasteiger partial charge in [-0.05, 0) is 25.0 Å². The van der Waals surface area contributed by atoms with Crippen LogP contribution in [0, 0.1) is 6.92 Å². The van der Waals surface area contributed by atoms with E-state index >= 15 is 0 Å². The first-order valence-corrected chi connectivity index (χ1v) is 10.1. The Morgan fingerprint density at radius 2 is 1.75 bits per heavy atom. The van der Waals surface area contributed by atoms with Crippen LogP contribution in [-0.4, -0.2) is 15.5 Å². The average molecular weight is 394 g/mol. The van der Waals surface area contributed by atoms with E-state index in [0.717, 1.165) is 11.1 Å². The van der Waals surface area contributed by atoms with Gasteiger partial charge < -0.3 is 5.32 Å². The Kier molecular flexibility index (Phi) is 6.66. The van der Waals surface area contributed by atoms with Crippen LogP contribution in [0.5, 0.6) is 0 Å². The number of carbonyl (C=O) groups excluding carboxylic acids is 1. The molecule has 1 atom stereocenters. The second kappa shape index (κ2) is 9.37. The van der Waals surface area contributed by atoms with Crippen molar-refractivity contribution in [2.24, 2.45) is 0 Å². The molecule has 5 nitrogen and oxygen atoms in total. The second-order valence-corrected chi connectivity index (χ2v) is 7.52. The predicted molar refractivity (Wildman–Crippen MR) is 112 cm³/mol. The molecular formula is C22H23N3O2S. The summed E-state index contributed by atoms with van der Waals surface area (Å²) in [5.41, 5.74) is 2.58. The summed E-state index contributed by atoms with van der Waals surface area (Å²) < 4.78 is 1.44. The molecule has 144 valence electrons. The summed E-state index contributed by atoms with van der Waals surface area (Å²) in [6, 6.07) is 21.0. The van der Waals surface area contributed by atoms with Gasteiger partial charge in [-0.1, -0.05) is 72.4 Å². The first-order chi connectivity index (χ1) is 13.5. The van der Waals surface area contributed by atoms with Crippen molar-refractivity contribution in [2.45, 2.75) is 37.3 Å². The Labute approximate surface area is 168 Å². The molecule has 0 spiro atoms. The first kappa shape index (κ1) is 19.9. The van der Waals surface area contributed by atoms with Crippen LogP contribution in [0.2, 0.25) is 0 Å². The van der Waals surface area contributed by atoms with Crippen molar-refractivity contribution >= 4 is 17.7 Å². The van der Waals surface area contributed by atoms with E-state index in [4.69, 9.17) is 0 Å². The number of hydrogen-bond acceptors (Lipinski definition) is 4. The molecule has 0 saturated heterocycles. The molecule has 1 heterocycles. The Hall–Kier alpha value is -2.86. The van der Waals surface area contributed by atoms with Crippen LogP contribution in [0.3, 0.4) is 0 Å². The average Bonchev–Trinajstić information content (AvgIpc) is 2.70. The molecule has 3 aromatic rings. The van der Waals surface area contributed by atoms with Crippen LogP contribution in [0.1, 0.15) is 29.8 Å². The smallest absolute Gasteiger partial charge is 0.254 e. The quantitative estimate of drug-likeness (QED) is 0.491. The van der Waals surface area contributed by atoms with Crippen molar-refractivity contribution in [1.82, 2.24) is 14.9 Å². The molecule has 2 aromatic carbocycles. The maximum absolute atomic E-state index is 12.6. The SMILES string of the molecule is Cc1cc(=O)n(CC(=O)N[C@@H](C)c2ccccc2)c(SCc2ccccc2)n1. The second-order valence-electron chi connectivity index (χ2n) is 6.58. The molecule has 0 aliphatic carbocycles. The highest BCUT2D eigenvalue weighted by Crippen LogP contribution is 2.20. The molecule has 28 heavy (non-hydrogen) atoms. The fourth-order valence-corrected chi connectivity index (χ4v) is 3.84. The fourth-order valence-electron chi connectivity index (χ4n) is 2.83. The summed E-state index contributed by atoms with van der Waals surface area (Å²) in [6.45, 7) is 3.66. The van der Waals surface area contributed by atoms with E-state index in [-0.39, 0.29) is 24.1 Å². The molecule has 0 bridgehead atoms. The van der Waals surface area contributed by atoms with E-state index in [1.54, 1.807) is 6.92 Å². The molecule has 1 amide bonds. The summed E-state index contributed by atoms with van der Waals surface area (Å²) >= 11 is 1.46. The van der Waals surface area contributed by atoms with Gasteiger partial charge in [0, 0.05) is 17.5 Å². The normalized spacial score (nSPS) is 11.8. The maximum atomic E-state index is 12.6. The van der Waals surface area contributed by atoms with Gasteiger partial charge in [0.2, 0.25) is 5.91 Å². The van der Waals surface area contributed by atoms with E-state index in [1.165, 1.54) is 22.4 Å². The van der Waals surface area contributed by atoms with Crippen LogP contribution in [0.25, 0.3) is 0 Å². The summed E-state index contributed by atoms with van der Waals surface area (Å²) in [4.78, 5) is 29.5. The highest BCUT2D eigenvalue weighted by atomic mass is 32.2. The van der Waals surface area contributed by atoms with Crippen molar-refractivity contribution in [2.75, 3.05) is 0 Å². The molecule has 0 saturated carbocycles. The maximum Gasteiger partial charge on any atom is 0.254 e. The minimum absolute atomic E-state index is 0.0551. The topological polar surface area (TPSA) is 64.0 Å². The van der Waals surface area contributed by atoms with E-state index in [1.807, 2.05) is 67.6 Å². The van der Waals surface area contributed by atoms with Gasteiger partial charge in [-0.2, -0.15) is 0 Å². The number of amides is 1. The fraction of sp³-hybridized carbons (Fsp3) is 0.227. The number of aryl methyl sites for hydroxylation is 1. The summed E-state index contributed by atoms with van der Waals surface area (Å²) in [7, 11) is 0. The molecule has 0 aliphatic heterocycles. The van der Waals surface area contributed by atoms with Crippen LogP contribution in [0.15, 0.2) is 76.7 Å². The molecule has 3 rings (SSSR count). The molecule has 1 N–H and O–H groups in total. The number of nitrogens with one attached hydrogen (secondary N) is 1. The standard InChI is InChI=1S/C22H23N3O2S/c1-16-13-21(27)25(22(23-16)28-15-18-9-5-3-6-10-18)14-20(26)24-17(2)19-11-7-4-8-12-19/h3-13,17H,14-15H2,1-2H3,(H,24,26)/t17-/m0/s1. The van der Waals surface area contributed by atoms with Crippen molar-refractivity contribution in [1.29, 1.82) is 0 Å². The summed E-state index contributed by atoms with van der Waals surface area (Å²) in [5.74, 6) is 0.462. The minimum Gasteiger partial charge on any atom is -0.348 e. The van der Waals surface area contributed by atoms with E-state index in [2.05, 4.69) is 10.3 Å². The number of benzene rings is 2. The number of carbonyl (C=O) groups is 1. The lowest BCUT2D eigenvalue weighted by Crippen LogP contribution is -2.34. The third-order valence-corrected chi connectivity index (χ3v) is 5.34. The van der Waals surface area contributed by atoms with Crippen LogP contribution in [-0.2, 0) is 17.1 Å². The first-order valence-electron chi connectivity index (χ1n) is 9.12. The van der Waals surface area contributed by atoms with Gasteiger partial charge in [-0.25, -0.2) is 4.98 Å². The molecule has 0 radical (unpaired) electrons. The third kappa shape index (κ3) is 5.33. The van der Waals surface area contributed by atoms with Crippen LogP contribution in [0.4, 0.5) is 0 Å². The predicted octanol–water partition coefficient (Wildman–Crippen LogP) is 3.72. The molecule has 0 aliphatic rings. The number of aromatic nitrogens is 2. The zero-order valence-electron chi connectivity index (χ0n) is 16.0. The molecule has 0 unspecified atom stereocenters. The van der Waals surface area contributed by atoms with Gasteiger partial charge in [0.1, 0.15) is 6.54 Å². The van der Waals surface area contributed by atoms with E-state index in [9.17, 15) is 9.59 Å². The Bertz CT molecular complexity index is 988. The molecule has 1 aromatic heterocycles. The highest BCUT2D eigenvalue weighted by molar-refractivity contribution is 7.98. The zero-order chi connectivity index (χ0) is 19.9. The van der Waals surface area contributed by atoms with Crippen molar-refractivity contribution in [3.8, 4) is 0 Å². The number of thioether (sulfide) groups is 1. The number of nitrogens with zero attached hydrogens (tertiary/aromatic N) is 2. The largest absolute Gasteiger partial charge is 0.348 e. The van der Waals surface area contributed by atoms with Crippen molar-refractivity contribution in [3.05, 3.63) is 93.9 Å². The van der Waals surface area contributed by atoms with Gasteiger partial charge in [0.15, 0.2) is 5.16 Å². The van der Waals surface area contributed by atoms with Gasteiger partial charge in [-0.15, -0.1) is 0 Å². The van der Waals surface area contributed by atoms with E-state index in [0.29, 0.717) is 16.6 Å². The molecule has 0 fully saturated rings. The van der Waals surface area contributed by atoms with Gasteiger partial charge in [0.05, 0.1) is 6.04 Å². The van der Waals surface area contributed by atoms with Crippen molar-refractivity contribution < 1.29 is 4.79 Å². The summed E-state index contributed by atoms with van der Waals surface area (Å²) in [5, 5.41) is 3.50. The van der Waals surface area contributed by atoms with Crippen LogP contribution >= 0.6 is 11.8 Å². The van der Waals surface area contributed by atoms with Gasteiger partial charge >= 0.3 is 0 Å². The Morgan fingerprint density at radius 1 is 1.11 bits per heavy atom. The Balaban J connectivity index is 1.73.